The zero-order valence-corrected chi connectivity index (χ0v) is 27.8. The van der Waals surface area contributed by atoms with E-state index in [4.69, 9.17) is 14.2 Å². The maximum absolute atomic E-state index is 12.8. The molecule has 1 aromatic rings. The third-order valence-electron chi connectivity index (χ3n) is 8.79. The highest BCUT2D eigenvalue weighted by molar-refractivity contribution is 5.70. The lowest BCUT2D eigenvalue weighted by Crippen LogP contribution is -2.44. The molecule has 256 valence electrons. The first-order valence-electron chi connectivity index (χ1n) is 16.2. The van der Waals surface area contributed by atoms with Gasteiger partial charge in [0.05, 0.1) is 36.4 Å². The minimum absolute atomic E-state index is 0.0177. The fraction of sp³-hybridized carbons (Fsp3) is 0.629. The number of alkyl carbamates (subject to hydrolysis) is 1. The second-order valence-electron chi connectivity index (χ2n) is 13.2. The Balaban J connectivity index is 1.73. The summed E-state index contributed by atoms with van der Waals surface area (Å²) in [6.07, 6.45) is 8.33. The van der Waals surface area contributed by atoms with Crippen LogP contribution in [-0.2, 0) is 25.5 Å². The van der Waals surface area contributed by atoms with Crippen molar-refractivity contribution in [3.05, 3.63) is 66.0 Å². The third-order valence-corrected chi connectivity index (χ3v) is 8.79. The zero-order chi connectivity index (χ0) is 34.1. The van der Waals surface area contributed by atoms with Gasteiger partial charge in [-0.05, 0) is 69.4 Å². The number of cyclic esters (lactones) is 1. The first-order chi connectivity index (χ1) is 21.6. The molecule has 0 bridgehead atoms. The molecule has 2 aliphatic rings. The molecule has 1 aromatic heterocycles. The maximum Gasteiger partial charge on any atom is 0.408 e. The average molecular weight is 645 g/mol. The zero-order valence-electron chi connectivity index (χ0n) is 27.8. The van der Waals surface area contributed by atoms with Gasteiger partial charge in [0, 0.05) is 37.2 Å². The molecule has 5 N–H and O–H groups in total. The van der Waals surface area contributed by atoms with Crippen LogP contribution in [-0.4, -0.2) is 85.3 Å². The lowest BCUT2D eigenvalue weighted by atomic mass is 9.88. The highest BCUT2D eigenvalue weighted by atomic mass is 16.6. The minimum atomic E-state index is -1.53. The Hall–Kier alpha value is -3.09. The van der Waals surface area contributed by atoms with Gasteiger partial charge in [0.1, 0.15) is 11.7 Å². The van der Waals surface area contributed by atoms with Gasteiger partial charge in [-0.2, -0.15) is 0 Å². The van der Waals surface area contributed by atoms with Crippen molar-refractivity contribution in [3.8, 4) is 0 Å². The molecule has 11 heteroatoms. The first kappa shape index (κ1) is 37.4. The molecule has 3 rings (SSSR count). The summed E-state index contributed by atoms with van der Waals surface area (Å²) >= 11 is 0. The van der Waals surface area contributed by atoms with Crippen molar-refractivity contribution >= 4 is 12.1 Å². The number of pyridine rings is 1. The number of esters is 1. The van der Waals surface area contributed by atoms with Gasteiger partial charge < -0.3 is 40.0 Å². The van der Waals surface area contributed by atoms with Crippen molar-refractivity contribution < 1.29 is 44.2 Å². The number of amides is 1. The summed E-state index contributed by atoms with van der Waals surface area (Å²) in [6, 6.07) is 3.53. The Labute approximate surface area is 272 Å². The number of hydrogen-bond donors (Lipinski definition) is 5. The summed E-state index contributed by atoms with van der Waals surface area (Å²) in [7, 11) is 0. The maximum atomic E-state index is 12.8. The van der Waals surface area contributed by atoms with Crippen LogP contribution in [0.3, 0.4) is 0 Å². The Morgan fingerprint density at radius 1 is 1.30 bits per heavy atom. The van der Waals surface area contributed by atoms with Crippen LogP contribution in [0, 0.1) is 11.8 Å². The molecule has 10 unspecified atom stereocenters. The van der Waals surface area contributed by atoms with Crippen molar-refractivity contribution in [3.63, 3.8) is 0 Å². The quantitative estimate of drug-likeness (QED) is 0.103. The monoisotopic (exact) mass is 644 g/mol. The number of nitrogens with one attached hydrogen (secondary N) is 1. The van der Waals surface area contributed by atoms with E-state index in [-0.39, 0.29) is 43.9 Å². The molecule has 2 aliphatic heterocycles. The molecule has 1 saturated heterocycles. The molecular formula is C35H52N2O9. The van der Waals surface area contributed by atoms with E-state index >= 15 is 0 Å². The van der Waals surface area contributed by atoms with Crippen molar-refractivity contribution in [2.45, 2.75) is 128 Å². The topological polar surface area (TPSA) is 171 Å². The molecule has 11 nitrogen and oxygen atoms in total. The van der Waals surface area contributed by atoms with Crippen LogP contribution in [0.2, 0.25) is 0 Å². The van der Waals surface area contributed by atoms with Crippen LogP contribution in [0.25, 0.3) is 0 Å². The van der Waals surface area contributed by atoms with E-state index in [1.165, 1.54) is 6.92 Å². The van der Waals surface area contributed by atoms with Crippen LogP contribution in [0.15, 0.2) is 60.5 Å². The van der Waals surface area contributed by atoms with Crippen LogP contribution < -0.4 is 5.32 Å². The number of ether oxygens (including phenoxy) is 3. The van der Waals surface area contributed by atoms with E-state index < -0.39 is 53.6 Å². The van der Waals surface area contributed by atoms with Crippen molar-refractivity contribution in [2.75, 3.05) is 0 Å². The van der Waals surface area contributed by atoms with Crippen molar-refractivity contribution in [1.29, 1.82) is 0 Å². The Kier molecular flexibility index (Phi) is 13.5. The van der Waals surface area contributed by atoms with Gasteiger partial charge in [-0.1, -0.05) is 45.1 Å². The highest BCUT2D eigenvalue weighted by Gasteiger charge is 2.47. The summed E-state index contributed by atoms with van der Waals surface area (Å²) in [5, 5.41) is 45.6. The molecule has 0 spiro atoms. The van der Waals surface area contributed by atoms with Crippen molar-refractivity contribution in [2.24, 2.45) is 11.8 Å². The van der Waals surface area contributed by atoms with Gasteiger partial charge in [0.2, 0.25) is 0 Å². The van der Waals surface area contributed by atoms with Gasteiger partial charge >= 0.3 is 12.1 Å². The second kappa shape index (κ2) is 16.6. The number of nitrogens with zero attached hydrogens (tertiary/aromatic N) is 1. The number of hydrogen-bond acceptors (Lipinski definition) is 10. The first-order valence-corrected chi connectivity index (χ1v) is 16.2. The van der Waals surface area contributed by atoms with Gasteiger partial charge in [-0.15, -0.1) is 0 Å². The molecule has 1 amide bonds. The molecule has 46 heavy (non-hydrogen) atoms. The van der Waals surface area contributed by atoms with E-state index in [1.54, 1.807) is 68.8 Å². The van der Waals surface area contributed by atoms with Gasteiger partial charge in [0.15, 0.2) is 6.10 Å². The predicted octanol–water partition coefficient (Wildman–Crippen LogP) is 3.89. The molecule has 10 atom stereocenters. The number of epoxide rings is 1. The molecule has 0 radical (unpaired) electrons. The second-order valence-corrected chi connectivity index (χ2v) is 13.2. The molecule has 3 heterocycles. The largest absolute Gasteiger partial charge is 0.457 e. The number of carbonyl (C=O) groups excluding carboxylic acids is 2. The lowest BCUT2D eigenvalue weighted by Gasteiger charge is -2.32. The number of rotatable bonds is 11. The summed E-state index contributed by atoms with van der Waals surface area (Å²) in [4.78, 5) is 29.4. The fourth-order valence-corrected chi connectivity index (χ4v) is 5.63. The van der Waals surface area contributed by atoms with E-state index in [0.717, 1.165) is 5.56 Å². The highest BCUT2D eigenvalue weighted by Crippen LogP contribution is 2.37. The van der Waals surface area contributed by atoms with Crippen LogP contribution in [0.4, 0.5) is 4.79 Å². The summed E-state index contributed by atoms with van der Waals surface area (Å²) in [5.41, 5.74) is -1.18. The smallest absolute Gasteiger partial charge is 0.408 e. The van der Waals surface area contributed by atoms with Crippen LogP contribution in [0.5, 0.6) is 0 Å². The van der Waals surface area contributed by atoms with Gasteiger partial charge in [-0.3, -0.25) is 9.78 Å². The number of allylic oxidation sites excluding steroid dienone is 2. The Bertz CT molecular complexity index is 1230. The number of aliphatic hydroxyl groups excluding tert-OH is 2. The minimum Gasteiger partial charge on any atom is -0.457 e. The Morgan fingerprint density at radius 2 is 2.00 bits per heavy atom. The normalized spacial score (nSPS) is 32.7. The summed E-state index contributed by atoms with van der Waals surface area (Å²) in [5.74, 6) is -0.999. The van der Waals surface area contributed by atoms with E-state index in [1.807, 2.05) is 20.8 Å². The molecule has 1 fully saturated rings. The van der Waals surface area contributed by atoms with Gasteiger partial charge in [0.25, 0.3) is 0 Å². The SMILES string of the molecule is CCC(O)C(C)C1OC1CC(C)(O)/C=C/C=C(\C)C1OC(=O)CC(O)CCC(C)(O)C(OC(=O)NCc2ccncc2)/C=C\C1C. The van der Waals surface area contributed by atoms with Crippen LogP contribution in [0.1, 0.15) is 79.2 Å². The summed E-state index contributed by atoms with van der Waals surface area (Å²) in [6.45, 7) is 10.9. The van der Waals surface area contributed by atoms with E-state index in [2.05, 4.69) is 10.3 Å². The fourth-order valence-electron chi connectivity index (χ4n) is 5.63. The molecule has 0 aromatic carbocycles. The van der Waals surface area contributed by atoms with E-state index in [0.29, 0.717) is 18.4 Å². The predicted molar refractivity (Wildman–Crippen MR) is 172 cm³/mol. The van der Waals surface area contributed by atoms with E-state index in [9.17, 15) is 30.0 Å². The van der Waals surface area contributed by atoms with Crippen LogP contribution >= 0.6 is 0 Å². The van der Waals surface area contributed by atoms with Gasteiger partial charge in [-0.25, -0.2) is 4.79 Å². The number of carbonyl (C=O) groups is 2. The molecule has 0 aliphatic carbocycles. The lowest BCUT2D eigenvalue weighted by molar-refractivity contribution is -0.151. The molecule has 0 saturated carbocycles. The number of aliphatic hydroxyl groups is 4. The van der Waals surface area contributed by atoms with Crippen molar-refractivity contribution in [1.82, 2.24) is 10.3 Å². The summed E-state index contributed by atoms with van der Waals surface area (Å²) < 4.78 is 17.2. The number of aromatic nitrogens is 1. The Morgan fingerprint density at radius 3 is 2.67 bits per heavy atom. The average Bonchev–Trinajstić information content (AvgIpc) is 3.76. The molecular weight excluding hydrogens is 592 g/mol. The standard InChI is InChI=1S/C35H52N2O9/c1-7-27(39)24(4)32-28(44-32)20-34(5,42)15-8-9-22(2)31-23(3)10-11-29(35(6,43)16-12-26(38)19-30(40)46-31)45-33(41)37-21-25-13-17-36-18-14-25/h8-11,13-15,17-18,23-24,26-29,31-32,38-39,42-43H,7,12,16,19-21H2,1-6H3,(H,37,41)/b11-10-,15-8+,22-9+. The third kappa shape index (κ3) is 11.6.